The highest BCUT2D eigenvalue weighted by molar-refractivity contribution is 5.89. The van der Waals surface area contributed by atoms with Gasteiger partial charge in [-0.3, -0.25) is 14.5 Å². The van der Waals surface area contributed by atoms with E-state index < -0.39 is 0 Å². The van der Waals surface area contributed by atoms with E-state index in [1.54, 1.807) is 11.9 Å². The maximum atomic E-state index is 12.3. The number of nitrogens with one attached hydrogen (secondary N) is 1. The highest BCUT2D eigenvalue weighted by Gasteiger charge is 2.28. The molecule has 1 aromatic carbocycles. The largest absolute Gasteiger partial charge is 0.336 e. The number of fused-ring (bicyclic) bond motifs is 1. The quantitative estimate of drug-likeness (QED) is 0.835. The van der Waals surface area contributed by atoms with Crippen molar-refractivity contribution in [2.24, 2.45) is 0 Å². The molecule has 1 N–H and O–H groups in total. The first-order valence-electron chi connectivity index (χ1n) is 7.66. The second-order valence-corrected chi connectivity index (χ2v) is 5.92. The maximum Gasteiger partial charge on any atom is 0.319 e. The third kappa shape index (κ3) is 3.28. The van der Waals surface area contributed by atoms with Crippen LogP contribution in [-0.2, 0) is 22.6 Å². The Morgan fingerprint density at radius 1 is 1.13 bits per heavy atom. The predicted octanol–water partition coefficient (Wildman–Crippen LogP) is 0.0124. The molecule has 0 spiro atoms. The van der Waals surface area contributed by atoms with Gasteiger partial charge in [-0.15, -0.1) is 0 Å². The summed E-state index contributed by atoms with van der Waals surface area (Å²) in [5.41, 5.74) is 2.43. The average Bonchev–Trinajstić information content (AvgIpc) is 2.91. The van der Waals surface area contributed by atoms with E-state index in [1.807, 2.05) is 18.2 Å². The minimum atomic E-state index is -0.381. The Morgan fingerprint density at radius 2 is 1.87 bits per heavy atom. The first-order chi connectivity index (χ1) is 11.0. The van der Waals surface area contributed by atoms with Crippen molar-refractivity contribution in [3.05, 3.63) is 35.4 Å². The number of amides is 4. The van der Waals surface area contributed by atoms with Crippen LogP contribution >= 0.6 is 0 Å². The van der Waals surface area contributed by atoms with Gasteiger partial charge in [-0.25, -0.2) is 4.79 Å². The summed E-state index contributed by atoms with van der Waals surface area (Å²) < 4.78 is 0. The van der Waals surface area contributed by atoms with Crippen molar-refractivity contribution >= 4 is 17.8 Å². The topological polar surface area (TPSA) is 73.0 Å². The molecular formula is C16H20N4O3. The molecular weight excluding hydrogens is 296 g/mol. The second kappa shape index (κ2) is 6.28. The number of carbonyl (C=O) groups is 3. The molecule has 3 rings (SSSR count). The molecule has 122 valence electrons. The summed E-state index contributed by atoms with van der Waals surface area (Å²) in [5.74, 6) is -0.203. The van der Waals surface area contributed by atoms with Crippen molar-refractivity contribution in [1.82, 2.24) is 20.0 Å². The number of urea groups is 1. The Labute approximate surface area is 134 Å². The fraction of sp³-hybridized carbons (Fsp3) is 0.438. The van der Waals surface area contributed by atoms with Gasteiger partial charge in [0, 0.05) is 20.1 Å². The maximum absolute atomic E-state index is 12.3. The molecule has 0 saturated carbocycles. The Bertz CT molecular complexity index is 646. The molecule has 0 aromatic heterocycles. The van der Waals surface area contributed by atoms with Gasteiger partial charge in [0.25, 0.3) is 0 Å². The van der Waals surface area contributed by atoms with Crippen LogP contribution in [0.3, 0.4) is 0 Å². The Balaban J connectivity index is 1.50. The van der Waals surface area contributed by atoms with Crippen molar-refractivity contribution in [2.45, 2.75) is 13.0 Å². The van der Waals surface area contributed by atoms with Crippen LogP contribution in [-0.4, -0.2) is 65.9 Å². The SMILES string of the molecule is CN1CN(C(=O)NCC(=O)N2CCc3ccccc3C2)CC1=O. The zero-order valence-electron chi connectivity index (χ0n) is 13.1. The molecule has 1 saturated heterocycles. The van der Waals surface area contributed by atoms with Crippen molar-refractivity contribution in [3.63, 3.8) is 0 Å². The van der Waals surface area contributed by atoms with Crippen molar-refractivity contribution < 1.29 is 14.4 Å². The molecule has 7 nitrogen and oxygen atoms in total. The molecule has 0 unspecified atom stereocenters. The average molecular weight is 316 g/mol. The van der Waals surface area contributed by atoms with Crippen molar-refractivity contribution in [1.29, 1.82) is 0 Å². The monoisotopic (exact) mass is 316 g/mol. The first kappa shape index (κ1) is 15.3. The summed E-state index contributed by atoms with van der Waals surface area (Å²) in [6, 6.07) is 7.70. The van der Waals surface area contributed by atoms with Crippen molar-refractivity contribution in [2.75, 3.05) is 33.4 Å². The fourth-order valence-corrected chi connectivity index (χ4v) is 2.89. The van der Waals surface area contributed by atoms with Crippen LogP contribution in [0, 0.1) is 0 Å². The second-order valence-electron chi connectivity index (χ2n) is 5.92. The van der Waals surface area contributed by atoms with Crippen molar-refractivity contribution in [3.8, 4) is 0 Å². The normalized spacial score (nSPS) is 17.3. The number of rotatable bonds is 2. The fourth-order valence-electron chi connectivity index (χ4n) is 2.89. The van der Waals surface area contributed by atoms with Gasteiger partial charge in [-0.1, -0.05) is 24.3 Å². The van der Waals surface area contributed by atoms with E-state index in [4.69, 9.17) is 0 Å². The molecule has 0 atom stereocenters. The van der Waals surface area contributed by atoms with Crippen LogP contribution in [0.5, 0.6) is 0 Å². The standard InChI is InChI=1S/C16H20N4O3/c1-18-11-20(10-15(18)22)16(23)17-8-14(21)19-7-6-12-4-2-3-5-13(12)9-19/h2-5H,6-11H2,1H3,(H,17,23). The van der Waals surface area contributed by atoms with Gasteiger partial charge >= 0.3 is 6.03 Å². The first-order valence-corrected chi connectivity index (χ1v) is 7.66. The van der Waals surface area contributed by atoms with E-state index in [0.29, 0.717) is 13.1 Å². The molecule has 0 radical (unpaired) electrons. The van der Waals surface area contributed by atoms with Gasteiger partial charge in [0.15, 0.2) is 0 Å². The molecule has 2 aliphatic heterocycles. The Kier molecular flexibility index (Phi) is 4.18. The summed E-state index contributed by atoms with van der Waals surface area (Å²) >= 11 is 0. The zero-order valence-corrected chi connectivity index (χ0v) is 13.1. The van der Waals surface area contributed by atoms with E-state index in [0.717, 1.165) is 12.0 Å². The van der Waals surface area contributed by atoms with E-state index in [9.17, 15) is 14.4 Å². The Morgan fingerprint density at radius 3 is 2.57 bits per heavy atom. The molecule has 1 fully saturated rings. The molecule has 23 heavy (non-hydrogen) atoms. The molecule has 4 amide bonds. The number of hydrogen-bond donors (Lipinski definition) is 1. The summed E-state index contributed by atoms with van der Waals surface area (Å²) in [4.78, 5) is 40.3. The molecule has 2 aliphatic rings. The number of likely N-dealkylation sites (N-methyl/N-ethyl adjacent to an activating group) is 1. The Hall–Kier alpha value is -2.57. The van der Waals surface area contributed by atoms with Crippen LogP contribution in [0.15, 0.2) is 24.3 Å². The van der Waals surface area contributed by atoms with Gasteiger partial charge in [-0.05, 0) is 17.5 Å². The highest BCUT2D eigenvalue weighted by Crippen LogP contribution is 2.18. The lowest BCUT2D eigenvalue weighted by Gasteiger charge is -2.29. The third-order valence-corrected chi connectivity index (χ3v) is 4.30. The van der Waals surface area contributed by atoms with E-state index in [-0.39, 0.29) is 37.6 Å². The minimum absolute atomic E-state index is 0.0462. The summed E-state index contributed by atoms with van der Waals surface area (Å²) in [6.45, 7) is 1.52. The predicted molar refractivity (Wildman–Crippen MR) is 83.3 cm³/mol. The van der Waals surface area contributed by atoms with Gasteiger partial charge < -0.3 is 15.1 Å². The molecule has 0 bridgehead atoms. The number of hydrogen-bond acceptors (Lipinski definition) is 3. The van der Waals surface area contributed by atoms with Crippen LogP contribution in [0.2, 0.25) is 0 Å². The summed E-state index contributed by atoms with van der Waals surface area (Å²) in [5, 5.41) is 2.60. The summed E-state index contributed by atoms with van der Waals surface area (Å²) in [7, 11) is 1.64. The van der Waals surface area contributed by atoms with Gasteiger partial charge in [-0.2, -0.15) is 0 Å². The molecule has 0 aliphatic carbocycles. The van der Waals surface area contributed by atoms with E-state index in [2.05, 4.69) is 11.4 Å². The molecule has 2 heterocycles. The van der Waals surface area contributed by atoms with Crippen LogP contribution in [0.25, 0.3) is 0 Å². The van der Waals surface area contributed by atoms with Crippen LogP contribution < -0.4 is 5.32 Å². The lowest BCUT2D eigenvalue weighted by atomic mass is 10.00. The number of nitrogens with zero attached hydrogens (tertiary/aromatic N) is 3. The molecule has 1 aromatic rings. The van der Waals surface area contributed by atoms with Crippen LogP contribution in [0.4, 0.5) is 4.79 Å². The van der Waals surface area contributed by atoms with Gasteiger partial charge in [0.05, 0.1) is 13.2 Å². The third-order valence-electron chi connectivity index (χ3n) is 4.30. The lowest BCUT2D eigenvalue weighted by molar-refractivity contribution is -0.131. The lowest BCUT2D eigenvalue weighted by Crippen LogP contribution is -2.46. The minimum Gasteiger partial charge on any atom is -0.336 e. The smallest absolute Gasteiger partial charge is 0.319 e. The number of carbonyl (C=O) groups excluding carboxylic acids is 3. The zero-order chi connectivity index (χ0) is 16.4. The van der Waals surface area contributed by atoms with Crippen LogP contribution in [0.1, 0.15) is 11.1 Å². The van der Waals surface area contributed by atoms with E-state index >= 15 is 0 Å². The van der Waals surface area contributed by atoms with Gasteiger partial charge in [0.2, 0.25) is 11.8 Å². The van der Waals surface area contributed by atoms with Gasteiger partial charge in [0.1, 0.15) is 6.54 Å². The number of benzene rings is 1. The highest BCUT2D eigenvalue weighted by atomic mass is 16.2. The molecule has 7 heteroatoms. The summed E-state index contributed by atoms with van der Waals surface area (Å²) in [6.07, 6.45) is 0.835. The van der Waals surface area contributed by atoms with E-state index in [1.165, 1.54) is 15.4 Å².